The molecule has 8 nitrogen and oxygen atoms in total. The van der Waals surface area contributed by atoms with E-state index < -0.39 is 15.4 Å². The number of ether oxygens (including phenoxy) is 1. The maximum absolute atomic E-state index is 12.8. The molecule has 29 heavy (non-hydrogen) atoms. The summed E-state index contributed by atoms with van der Waals surface area (Å²) in [4.78, 5) is 21.4. The third kappa shape index (κ3) is 8.80. The molecule has 1 aliphatic heterocycles. The second-order valence-corrected chi connectivity index (χ2v) is 11.4. The van der Waals surface area contributed by atoms with Crippen molar-refractivity contribution in [1.82, 2.24) is 15.1 Å². The standard InChI is InChI=1S/C20H38N4O4S/c1-6-21-18(22-11-14-29(5,26)27)23-12-9-17(10-13-23)24(15-16-7-8-16)19(25)28-20(2,3)4/h16-17H,6-15H2,1-5H3,(H,21,22). The second kappa shape index (κ2) is 10.00. The lowest BCUT2D eigenvalue weighted by Gasteiger charge is -2.40. The number of carbonyl (C=O) groups is 1. The first-order chi connectivity index (χ1) is 13.5. The molecule has 1 saturated heterocycles. The predicted octanol–water partition coefficient (Wildman–Crippen LogP) is 2.11. The van der Waals surface area contributed by atoms with E-state index in [4.69, 9.17) is 4.74 Å². The lowest BCUT2D eigenvalue weighted by atomic mass is 10.0. The maximum Gasteiger partial charge on any atom is 0.410 e. The average molecular weight is 431 g/mol. The Bertz CT molecular complexity index is 675. The molecule has 0 spiro atoms. The lowest BCUT2D eigenvalue weighted by molar-refractivity contribution is 0.00928. The highest BCUT2D eigenvalue weighted by Gasteiger charge is 2.35. The van der Waals surface area contributed by atoms with Gasteiger partial charge in [0.25, 0.3) is 0 Å². The topological polar surface area (TPSA) is 91.3 Å². The summed E-state index contributed by atoms with van der Waals surface area (Å²) in [5, 5.41) is 3.25. The van der Waals surface area contributed by atoms with Crippen LogP contribution in [0.25, 0.3) is 0 Å². The molecule has 0 bridgehead atoms. The quantitative estimate of drug-likeness (QED) is 0.491. The Morgan fingerprint density at radius 2 is 1.83 bits per heavy atom. The molecule has 1 amide bonds. The van der Waals surface area contributed by atoms with E-state index in [1.807, 2.05) is 32.6 Å². The normalized spacial score (nSPS) is 19.2. The summed E-state index contributed by atoms with van der Waals surface area (Å²) in [6, 6.07) is 0.167. The Labute approximate surface area is 176 Å². The summed E-state index contributed by atoms with van der Waals surface area (Å²) in [6.45, 7) is 11.0. The number of hydrogen-bond acceptors (Lipinski definition) is 5. The van der Waals surface area contributed by atoms with Gasteiger partial charge in [0.15, 0.2) is 5.96 Å². The molecule has 0 aromatic rings. The number of nitrogens with zero attached hydrogens (tertiary/aromatic N) is 3. The SMILES string of the molecule is CCNC(=NCCS(C)(=O)=O)N1CCC(N(CC2CC2)C(=O)OC(C)(C)C)CC1. The molecule has 1 heterocycles. The number of piperidine rings is 1. The van der Waals surface area contributed by atoms with E-state index >= 15 is 0 Å². The average Bonchev–Trinajstić information content (AvgIpc) is 3.41. The monoisotopic (exact) mass is 430 g/mol. The first kappa shape index (κ1) is 23.8. The molecule has 1 N–H and O–H groups in total. The van der Waals surface area contributed by atoms with Crippen LogP contribution < -0.4 is 5.32 Å². The fraction of sp³-hybridized carbons (Fsp3) is 0.900. The summed E-state index contributed by atoms with van der Waals surface area (Å²) < 4.78 is 28.4. The van der Waals surface area contributed by atoms with Crippen LogP contribution in [0.15, 0.2) is 4.99 Å². The van der Waals surface area contributed by atoms with E-state index in [1.54, 1.807) is 0 Å². The molecule has 0 radical (unpaired) electrons. The van der Waals surface area contributed by atoms with Gasteiger partial charge < -0.3 is 19.9 Å². The van der Waals surface area contributed by atoms with E-state index in [9.17, 15) is 13.2 Å². The number of guanidine groups is 1. The largest absolute Gasteiger partial charge is 0.444 e. The fourth-order valence-corrected chi connectivity index (χ4v) is 3.83. The molecule has 0 aromatic carbocycles. The molecule has 2 fully saturated rings. The molecule has 0 atom stereocenters. The van der Waals surface area contributed by atoms with E-state index in [-0.39, 0.29) is 24.4 Å². The van der Waals surface area contributed by atoms with Gasteiger partial charge in [-0.2, -0.15) is 0 Å². The van der Waals surface area contributed by atoms with Crippen LogP contribution in [0.3, 0.4) is 0 Å². The molecule has 168 valence electrons. The van der Waals surface area contributed by atoms with Crippen LogP contribution in [0.4, 0.5) is 4.79 Å². The van der Waals surface area contributed by atoms with Gasteiger partial charge in [-0.25, -0.2) is 13.2 Å². The Balaban J connectivity index is 1.97. The van der Waals surface area contributed by atoms with E-state index in [0.29, 0.717) is 5.92 Å². The van der Waals surface area contributed by atoms with Crippen LogP contribution in [0.5, 0.6) is 0 Å². The highest BCUT2D eigenvalue weighted by molar-refractivity contribution is 7.90. The molecular formula is C20H38N4O4S. The maximum atomic E-state index is 12.8. The van der Waals surface area contributed by atoms with Crippen molar-refractivity contribution < 1.29 is 17.9 Å². The van der Waals surface area contributed by atoms with Gasteiger partial charge in [0.2, 0.25) is 0 Å². The number of likely N-dealkylation sites (tertiary alicyclic amines) is 1. The number of rotatable bonds is 7. The van der Waals surface area contributed by atoms with Crippen molar-refractivity contribution in [3.63, 3.8) is 0 Å². The lowest BCUT2D eigenvalue weighted by Crippen LogP contribution is -2.52. The zero-order valence-electron chi connectivity index (χ0n) is 18.6. The number of hydrogen-bond donors (Lipinski definition) is 1. The highest BCUT2D eigenvalue weighted by atomic mass is 32.2. The summed E-state index contributed by atoms with van der Waals surface area (Å²) in [7, 11) is -3.03. The zero-order valence-corrected chi connectivity index (χ0v) is 19.4. The minimum atomic E-state index is -3.03. The van der Waals surface area contributed by atoms with E-state index in [2.05, 4.69) is 15.2 Å². The third-order valence-corrected chi connectivity index (χ3v) is 5.97. The summed E-state index contributed by atoms with van der Waals surface area (Å²) in [6.07, 6.45) is 5.10. The molecule has 2 rings (SSSR count). The van der Waals surface area contributed by atoms with Crippen LogP contribution in [-0.4, -0.2) is 86.6 Å². The molecule has 0 aromatic heterocycles. The molecule has 1 saturated carbocycles. The number of sulfone groups is 1. The van der Waals surface area contributed by atoms with Gasteiger partial charge in [0, 0.05) is 38.5 Å². The first-order valence-corrected chi connectivity index (χ1v) is 12.7. The smallest absolute Gasteiger partial charge is 0.410 e. The van der Waals surface area contributed by atoms with Crippen molar-refractivity contribution in [2.75, 3.05) is 44.7 Å². The second-order valence-electron chi connectivity index (χ2n) is 9.16. The highest BCUT2D eigenvalue weighted by Crippen LogP contribution is 2.32. The Morgan fingerprint density at radius 1 is 1.21 bits per heavy atom. The summed E-state index contributed by atoms with van der Waals surface area (Å²) >= 11 is 0. The van der Waals surface area contributed by atoms with Gasteiger partial charge >= 0.3 is 6.09 Å². The van der Waals surface area contributed by atoms with Crippen LogP contribution in [0.2, 0.25) is 0 Å². The van der Waals surface area contributed by atoms with Gasteiger partial charge in [-0.1, -0.05) is 0 Å². The van der Waals surface area contributed by atoms with Crippen molar-refractivity contribution in [3.8, 4) is 0 Å². The minimum Gasteiger partial charge on any atom is -0.444 e. The van der Waals surface area contributed by atoms with Crippen molar-refractivity contribution in [2.45, 2.75) is 65.0 Å². The predicted molar refractivity (Wildman–Crippen MR) is 116 cm³/mol. The molecular weight excluding hydrogens is 392 g/mol. The van der Waals surface area contributed by atoms with Crippen molar-refractivity contribution in [2.24, 2.45) is 10.9 Å². The Kier molecular flexibility index (Phi) is 8.19. The van der Waals surface area contributed by atoms with Crippen molar-refractivity contribution in [1.29, 1.82) is 0 Å². The van der Waals surface area contributed by atoms with E-state index in [1.165, 1.54) is 19.1 Å². The summed E-state index contributed by atoms with van der Waals surface area (Å²) in [5.41, 5.74) is -0.496. The molecule has 2 aliphatic rings. The summed E-state index contributed by atoms with van der Waals surface area (Å²) in [5.74, 6) is 1.41. The first-order valence-electron chi connectivity index (χ1n) is 10.7. The number of aliphatic imine (C=N–C) groups is 1. The molecule has 0 unspecified atom stereocenters. The van der Waals surface area contributed by atoms with Gasteiger partial charge in [0.05, 0.1) is 12.3 Å². The van der Waals surface area contributed by atoms with Gasteiger partial charge in [-0.05, 0) is 59.3 Å². The van der Waals surface area contributed by atoms with Gasteiger partial charge in [0.1, 0.15) is 15.4 Å². The molecule has 9 heteroatoms. The number of nitrogens with one attached hydrogen (secondary N) is 1. The Morgan fingerprint density at radius 3 is 2.31 bits per heavy atom. The number of carbonyl (C=O) groups excluding carboxylic acids is 1. The van der Waals surface area contributed by atoms with E-state index in [0.717, 1.165) is 45.0 Å². The van der Waals surface area contributed by atoms with Crippen LogP contribution in [-0.2, 0) is 14.6 Å². The minimum absolute atomic E-state index is 0.0478. The van der Waals surface area contributed by atoms with Crippen molar-refractivity contribution >= 4 is 21.9 Å². The third-order valence-electron chi connectivity index (χ3n) is 5.04. The Hall–Kier alpha value is -1.51. The number of amides is 1. The van der Waals surface area contributed by atoms with Gasteiger partial charge in [-0.15, -0.1) is 0 Å². The van der Waals surface area contributed by atoms with Gasteiger partial charge in [-0.3, -0.25) is 4.99 Å². The van der Waals surface area contributed by atoms with Crippen LogP contribution >= 0.6 is 0 Å². The van der Waals surface area contributed by atoms with Crippen LogP contribution in [0, 0.1) is 5.92 Å². The molecule has 1 aliphatic carbocycles. The fourth-order valence-electron chi connectivity index (χ4n) is 3.40. The van der Waals surface area contributed by atoms with Crippen molar-refractivity contribution in [3.05, 3.63) is 0 Å². The zero-order chi connectivity index (χ0) is 21.7. The van der Waals surface area contributed by atoms with Crippen LogP contribution in [0.1, 0.15) is 53.4 Å².